The third kappa shape index (κ3) is 2.91. The van der Waals surface area contributed by atoms with Crippen LogP contribution in [0.1, 0.15) is 24.0 Å². The molecule has 2 rings (SSSR count). The minimum Gasteiger partial charge on any atom is -0.379 e. The molecule has 1 atom stereocenters. The van der Waals surface area contributed by atoms with E-state index in [0.29, 0.717) is 6.54 Å². The summed E-state index contributed by atoms with van der Waals surface area (Å²) in [6, 6.07) is 8.67. The zero-order valence-electron chi connectivity index (χ0n) is 11.5. The van der Waals surface area contributed by atoms with Crippen LogP contribution in [-0.2, 0) is 11.3 Å². The summed E-state index contributed by atoms with van der Waals surface area (Å²) in [4.78, 5) is 2.36. The largest absolute Gasteiger partial charge is 0.379 e. The van der Waals surface area contributed by atoms with Gasteiger partial charge in [0.05, 0.1) is 12.1 Å². The Morgan fingerprint density at radius 2 is 2.28 bits per heavy atom. The Morgan fingerprint density at radius 1 is 1.44 bits per heavy atom. The molecule has 0 saturated carbocycles. The lowest BCUT2D eigenvalue weighted by Gasteiger charge is -2.43. The maximum absolute atomic E-state index is 6.00. The van der Waals surface area contributed by atoms with Crippen LogP contribution in [0.15, 0.2) is 24.3 Å². The van der Waals surface area contributed by atoms with Crippen molar-refractivity contribution in [1.82, 2.24) is 4.90 Å². The topological polar surface area (TPSA) is 38.5 Å². The van der Waals surface area contributed by atoms with Crippen LogP contribution < -0.4 is 5.73 Å². The van der Waals surface area contributed by atoms with E-state index in [2.05, 4.69) is 43.1 Å². The summed E-state index contributed by atoms with van der Waals surface area (Å²) in [7, 11) is 2.16. The van der Waals surface area contributed by atoms with E-state index in [9.17, 15) is 0 Å². The van der Waals surface area contributed by atoms with E-state index in [1.54, 1.807) is 0 Å². The molecule has 3 heteroatoms. The van der Waals surface area contributed by atoms with E-state index >= 15 is 0 Å². The molecule has 0 amide bonds. The first-order valence-corrected chi connectivity index (χ1v) is 6.71. The predicted molar refractivity (Wildman–Crippen MR) is 74.5 cm³/mol. The molecule has 18 heavy (non-hydrogen) atoms. The van der Waals surface area contributed by atoms with Crippen molar-refractivity contribution in [2.75, 3.05) is 26.8 Å². The fourth-order valence-electron chi connectivity index (χ4n) is 2.71. The van der Waals surface area contributed by atoms with Crippen LogP contribution in [0.25, 0.3) is 0 Å². The minimum absolute atomic E-state index is 0.0159. The summed E-state index contributed by atoms with van der Waals surface area (Å²) >= 11 is 0. The van der Waals surface area contributed by atoms with Gasteiger partial charge in [0.2, 0.25) is 0 Å². The summed E-state index contributed by atoms with van der Waals surface area (Å²) < 4.78 is 5.64. The van der Waals surface area contributed by atoms with Crippen LogP contribution in [0.3, 0.4) is 0 Å². The molecule has 0 aromatic heterocycles. The van der Waals surface area contributed by atoms with Gasteiger partial charge in [0.25, 0.3) is 0 Å². The minimum atomic E-state index is 0.0159. The van der Waals surface area contributed by atoms with Crippen molar-refractivity contribution in [3.8, 4) is 0 Å². The van der Waals surface area contributed by atoms with Crippen molar-refractivity contribution in [3.63, 3.8) is 0 Å². The first-order chi connectivity index (χ1) is 8.66. The quantitative estimate of drug-likeness (QED) is 0.885. The van der Waals surface area contributed by atoms with Gasteiger partial charge in [-0.05, 0) is 32.4 Å². The Morgan fingerprint density at radius 3 is 2.89 bits per heavy atom. The molecular formula is C15H24N2O. The first kappa shape index (κ1) is 13.5. The van der Waals surface area contributed by atoms with E-state index in [-0.39, 0.29) is 5.54 Å². The number of hydrogen-bond donors (Lipinski definition) is 1. The fourth-order valence-corrected chi connectivity index (χ4v) is 2.71. The molecule has 100 valence electrons. The molecule has 1 saturated heterocycles. The Labute approximate surface area is 110 Å². The summed E-state index contributed by atoms with van der Waals surface area (Å²) in [5.41, 5.74) is 8.67. The number of nitrogens with two attached hydrogens (primary N) is 1. The van der Waals surface area contributed by atoms with Gasteiger partial charge in [0, 0.05) is 19.7 Å². The summed E-state index contributed by atoms with van der Waals surface area (Å²) in [6.45, 7) is 5.36. The third-order valence-corrected chi connectivity index (χ3v) is 3.99. The van der Waals surface area contributed by atoms with Crippen LogP contribution in [0.4, 0.5) is 0 Å². The van der Waals surface area contributed by atoms with Gasteiger partial charge in [0.1, 0.15) is 0 Å². The van der Waals surface area contributed by atoms with Crippen molar-refractivity contribution in [2.45, 2.75) is 31.8 Å². The van der Waals surface area contributed by atoms with Crippen LogP contribution in [0.5, 0.6) is 0 Å². The molecule has 0 spiro atoms. The number of aryl methyl sites for hydroxylation is 1. The monoisotopic (exact) mass is 248 g/mol. The van der Waals surface area contributed by atoms with Gasteiger partial charge in [0.15, 0.2) is 0 Å². The Balaban J connectivity index is 2.07. The van der Waals surface area contributed by atoms with Gasteiger partial charge in [-0.15, -0.1) is 0 Å². The van der Waals surface area contributed by atoms with Gasteiger partial charge < -0.3 is 10.5 Å². The fraction of sp³-hybridized carbons (Fsp3) is 0.600. The highest BCUT2D eigenvalue weighted by atomic mass is 16.5. The van der Waals surface area contributed by atoms with E-state index in [4.69, 9.17) is 10.5 Å². The lowest BCUT2D eigenvalue weighted by Crippen LogP contribution is -2.56. The van der Waals surface area contributed by atoms with Gasteiger partial charge in [-0.25, -0.2) is 0 Å². The summed E-state index contributed by atoms with van der Waals surface area (Å²) in [5.74, 6) is 0. The molecular weight excluding hydrogens is 224 g/mol. The number of hydrogen-bond acceptors (Lipinski definition) is 3. The molecule has 1 aromatic carbocycles. The number of ether oxygens (including phenoxy) is 1. The zero-order valence-corrected chi connectivity index (χ0v) is 11.5. The molecule has 3 nitrogen and oxygen atoms in total. The maximum Gasteiger partial charge on any atom is 0.0662 e. The summed E-state index contributed by atoms with van der Waals surface area (Å²) in [5, 5.41) is 0. The molecule has 2 N–H and O–H groups in total. The van der Waals surface area contributed by atoms with Crippen molar-refractivity contribution in [3.05, 3.63) is 35.4 Å². The Kier molecular flexibility index (Phi) is 4.38. The molecule has 0 bridgehead atoms. The number of rotatable bonds is 4. The normalized spacial score (nSPS) is 24.4. The first-order valence-electron chi connectivity index (χ1n) is 6.71. The van der Waals surface area contributed by atoms with Crippen LogP contribution >= 0.6 is 0 Å². The molecule has 1 aliphatic rings. The number of benzene rings is 1. The van der Waals surface area contributed by atoms with E-state index in [0.717, 1.165) is 32.6 Å². The standard InChI is InChI=1S/C15H24N2O/c1-13-5-3-6-14(9-13)10-17(2)15(11-16)7-4-8-18-12-15/h3,5-6,9H,4,7-8,10-12,16H2,1-2H3. The molecule has 1 fully saturated rings. The molecule has 1 aliphatic heterocycles. The van der Waals surface area contributed by atoms with Crippen LogP contribution in [0.2, 0.25) is 0 Å². The highest BCUT2D eigenvalue weighted by Gasteiger charge is 2.35. The van der Waals surface area contributed by atoms with Gasteiger partial charge in [-0.1, -0.05) is 29.8 Å². The van der Waals surface area contributed by atoms with Crippen LogP contribution in [-0.4, -0.2) is 37.2 Å². The maximum atomic E-state index is 6.00. The van der Waals surface area contributed by atoms with Gasteiger partial charge in [-0.3, -0.25) is 4.90 Å². The van der Waals surface area contributed by atoms with Gasteiger partial charge in [-0.2, -0.15) is 0 Å². The Hall–Kier alpha value is -0.900. The average Bonchev–Trinajstić information content (AvgIpc) is 2.39. The highest BCUT2D eigenvalue weighted by Crippen LogP contribution is 2.25. The second-order valence-corrected chi connectivity index (χ2v) is 5.43. The van der Waals surface area contributed by atoms with E-state index in [1.807, 2.05) is 0 Å². The van der Waals surface area contributed by atoms with Crippen molar-refractivity contribution in [2.24, 2.45) is 5.73 Å². The predicted octanol–water partition coefficient (Wildman–Crippen LogP) is 1.93. The second-order valence-electron chi connectivity index (χ2n) is 5.43. The van der Waals surface area contributed by atoms with Crippen molar-refractivity contribution >= 4 is 0 Å². The van der Waals surface area contributed by atoms with Crippen LogP contribution in [0, 0.1) is 6.92 Å². The molecule has 1 unspecified atom stereocenters. The van der Waals surface area contributed by atoms with Crippen molar-refractivity contribution in [1.29, 1.82) is 0 Å². The lowest BCUT2D eigenvalue weighted by molar-refractivity contribution is -0.0374. The zero-order chi connectivity index (χ0) is 13.0. The number of nitrogens with zero attached hydrogens (tertiary/aromatic N) is 1. The van der Waals surface area contributed by atoms with E-state index < -0.39 is 0 Å². The average molecular weight is 248 g/mol. The smallest absolute Gasteiger partial charge is 0.0662 e. The Bertz CT molecular complexity index is 386. The van der Waals surface area contributed by atoms with E-state index in [1.165, 1.54) is 11.1 Å². The molecule has 0 aliphatic carbocycles. The molecule has 1 aromatic rings. The molecule has 1 heterocycles. The number of likely N-dealkylation sites (N-methyl/N-ethyl adjacent to an activating group) is 1. The second kappa shape index (κ2) is 5.83. The molecule has 0 radical (unpaired) electrons. The van der Waals surface area contributed by atoms with Gasteiger partial charge >= 0.3 is 0 Å². The highest BCUT2D eigenvalue weighted by molar-refractivity contribution is 5.22. The van der Waals surface area contributed by atoms with Crippen molar-refractivity contribution < 1.29 is 4.74 Å². The lowest BCUT2D eigenvalue weighted by atomic mass is 9.90. The third-order valence-electron chi connectivity index (χ3n) is 3.99. The summed E-state index contributed by atoms with van der Waals surface area (Å²) in [6.07, 6.45) is 2.24. The SMILES string of the molecule is Cc1cccc(CN(C)C2(CN)CCCOC2)c1.